The van der Waals surface area contributed by atoms with Crippen molar-refractivity contribution in [2.24, 2.45) is 0 Å². The average molecular weight is 314 g/mol. The van der Waals surface area contributed by atoms with Gasteiger partial charge in [-0.15, -0.1) is 0 Å². The lowest BCUT2D eigenvalue weighted by atomic mass is 10.1. The van der Waals surface area contributed by atoms with Gasteiger partial charge < -0.3 is 4.57 Å². The van der Waals surface area contributed by atoms with Crippen LogP contribution in [-0.4, -0.2) is 15.8 Å². The highest BCUT2D eigenvalue weighted by Crippen LogP contribution is 2.31. The van der Waals surface area contributed by atoms with Crippen LogP contribution < -0.4 is 0 Å². The third-order valence-electron chi connectivity index (χ3n) is 4.49. The summed E-state index contributed by atoms with van der Waals surface area (Å²) < 4.78 is 2.30. The second kappa shape index (κ2) is 5.60. The van der Waals surface area contributed by atoms with E-state index in [1.807, 2.05) is 19.1 Å². The van der Waals surface area contributed by atoms with Gasteiger partial charge in [0.25, 0.3) is 0 Å². The fraction of sp³-hybridized carbons (Fsp3) is 0.143. The number of aldehydes is 1. The van der Waals surface area contributed by atoms with Crippen molar-refractivity contribution in [3.63, 3.8) is 0 Å². The van der Waals surface area contributed by atoms with Gasteiger partial charge in [-0.1, -0.05) is 48.0 Å². The van der Waals surface area contributed by atoms with Gasteiger partial charge in [-0.25, -0.2) is 4.98 Å². The second-order valence-electron chi connectivity index (χ2n) is 6.24. The quantitative estimate of drug-likeness (QED) is 0.515. The first-order valence-corrected chi connectivity index (χ1v) is 8.06. The molecule has 0 N–H and O–H groups in total. The molecule has 0 amide bonds. The molecule has 0 radical (unpaired) electrons. The summed E-state index contributed by atoms with van der Waals surface area (Å²) in [4.78, 5) is 15.7. The zero-order valence-electron chi connectivity index (χ0n) is 13.8. The van der Waals surface area contributed by atoms with Crippen molar-refractivity contribution in [2.45, 2.75) is 20.4 Å². The number of fused-ring (bicyclic) bond motifs is 3. The molecular formula is C21H18N2O. The largest absolute Gasteiger partial charge is 0.334 e. The SMILES string of the molecule is Cc1cccc(Cn2c3ccccc3c3cc(C=O)nc(C)c32)c1. The summed E-state index contributed by atoms with van der Waals surface area (Å²) in [5.74, 6) is 0. The summed E-state index contributed by atoms with van der Waals surface area (Å²) in [6.07, 6.45) is 0.819. The van der Waals surface area contributed by atoms with Crippen molar-refractivity contribution >= 4 is 28.1 Å². The van der Waals surface area contributed by atoms with E-state index < -0.39 is 0 Å². The van der Waals surface area contributed by atoms with Crippen molar-refractivity contribution in [1.82, 2.24) is 9.55 Å². The molecule has 118 valence electrons. The number of benzene rings is 2. The third-order valence-corrected chi connectivity index (χ3v) is 4.49. The highest BCUT2D eigenvalue weighted by atomic mass is 16.1. The number of aromatic nitrogens is 2. The van der Waals surface area contributed by atoms with Gasteiger partial charge in [0, 0.05) is 22.8 Å². The maximum atomic E-state index is 11.2. The summed E-state index contributed by atoms with van der Waals surface area (Å²) in [5, 5.41) is 2.25. The smallest absolute Gasteiger partial charge is 0.168 e. The molecular weight excluding hydrogens is 296 g/mol. The first-order valence-electron chi connectivity index (χ1n) is 8.06. The van der Waals surface area contributed by atoms with Gasteiger partial charge in [-0.05, 0) is 31.5 Å². The van der Waals surface area contributed by atoms with E-state index in [1.54, 1.807) is 0 Å². The fourth-order valence-corrected chi connectivity index (χ4v) is 3.51. The van der Waals surface area contributed by atoms with Crippen molar-refractivity contribution < 1.29 is 4.79 Å². The third kappa shape index (κ3) is 2.29. The first kappa shape index (κ1) is 14.6. The van der Waals surface area contributed by atoms with Crippen LogP contribution in [0, 0.1) is 13.8 Å². The van der Waals surface area contributed by atoms with E-state index in [4.69, 9.17) is 0 Å². The Kier molecular flexibility index (Phi) is 3.42. The minimum absolute atomic E-state index is 0.485. The Morgan fingerprint density at radius 3 is 2.62 bits per heavy atom. The minimum Gasteiger partial charge on any atom is -0.334 e. The zero-order chi connectivity index (χ0) is 16.7. The normalized spacial score (nSPS) is 11.2. The zero-order valence-corrected chi connectivity index (χ0v) is 13.8. The molecule has 0 unspecified atom stereocenters. The van der Waals surface area contributed by atoms with Crippen LogP contribution in [0.25, 0.3) is 21.8 Å². The van der Waals surface area contributed by atoms with Crippen LogP contribution >= 0.6 is 0 Å². The molecule has 2 aromatic heterocycles. The molecule has 0 bridgehead atoms. The van der Waals surface area contributed by atoms with Crippen molar-refractivity contribution in [1.29, 1.82) is 0 Å². The molecule has 0 atom stereocenters. The lowest BCUT2D eigenvalue weighted by Gasteiger charge is -2.10. The van der Waals surface area contributed by atoms with Crippen LogP contribution in [0.4, 0.5) is 0 Å². The van der Waals surface area contributed by atoms with Crippen LogP contribution in [0.2, 0.25) is 0 Å². The molecule has 3 heteroatoms. The predicted molar refractivity (Wildman–Crippen MR) is 97.6 cm³/mol. The lowest BCUT2D eigenvalue weighted by molar-refractivity contribution is 0.111. The number of nitrogens with zero attached hydrogens (tertiary/aromatic N) is 2. The number of hydrogen-bond acceptors (Lipinski definition) is 2. The number of carbonyl (C=O) groups excluding carboxylic acids is 1. The maximum absolute atomic E-state index is 11.2. The van der Waals surface area contributed by atoms with E-state index in [0.717, 1.165) is 34.8 Å². The molecule has 4 rings (SSSR count). The van der Waals surface area contributed by atoms with Gasteiger partial charge in [-0.2, -0.15) is 0 Å². The molecule has 4 aromatic rings. The highest BCUT2D eigenvalue weighted by molar-refractivity contribution is 6.09. The molecule has 3 nitrogen and oxygen atoms in total. The molecule has 0 aliphatic rings. The van der Waals surface area contributed by atoms with Gasteiger partial charge >= 0.3 is 0 Å². The van der Waals surface area contributed by atoms with Crippen LogP contribution in [-0.2, 0) is 6.54 Å². The monoisotopic (exact) mass is 314 g/mol. The molecule has 0 saturated heterocycles. The van der Waals surface area contributed by atoms with E-state index in [9.17, 15) is 4.79 Å². The first-order chi connectivity index (χ1) is 11.7. The molecule has 24 heavy (non-hydrogen) atoms. The Hall–Kier alpha value is -2.94. The van der Waals surface area contributed by atoms with E-state index in [1.165, 1.54) is 16.6 Å². The highest BCUT2D eigenvalue weighted by Gasteiger charge is 2.14. The summed E-state index contributed by atoms with van der Waals surface area (Å²) >= 11 is 0. The number of aryl methyl sites for hydroxylation is 2. The Morgan fingerprint density at radius 2 is 1.83 bits per heavy atom. The Balaban J connectivity index is 2.03. The topological polar surface area (TPSA) is 34.9 Å². The van der Waals surface area contributed by atoms with Crippen LogP contribution in [0.1, 0.15) is 27.3 Å². The van der Waals surface area contributed by atoms with Gasteiger partial charge in [0.05, 0.1) is 11.2 Å². The van der Waals surface area contributed by atoms with E-state index in [0.29, 0.717) is 5.69 Å². The van der Waals surface area contributed by atoms with Crippen LogP contribution in [0.5, 0.6) is 0 Å². The summed E-state index contributed by atoms with van der Waals surface area (Å²) in [7, 11) is 0. The maximum Gasteiger partial charge on any atom is 0.168 e. The minimum atomic E-state index is 0.485. The van der Waals surface area contributed by atoms with E-state index in [2.05, 4.69) is 58.9 Å². The van der Waals surface area contributed by atoms with Gasteiger partial charge in [0.1, 0.15) is 5.69 Å². The summed E-state index contributed by atoms with van der Waals surface area (Å²) in [5.41, 5.74) is 6.16. The number of rotatable bonds is 3. The van der Waals surface area contributed by atoms with Crippen LogP contribution in [0.3, 0.4) is 0 Å². The fourth-order valence-electron chi connectivity index (χ4n) is 3.51. The molecule has 0 aliphatic heterocycles. The number of para-hydroxylation sites is 1. The Morgan fingerprint density at radius 1 is 1.00 bits per heavy atom. The second-order valence-corrected chi connectivity index (χ2v) is 6.24. The predicted octanol–water partition coefficient (Wildman–Crippen LogP) is 4.67. The molecule has 0 aliphatic carbocycles. The number of hydrogen-bond donors (Lipinski definition) is 0. The van der Waals surface area contributed by atoms with Gasteiger partial charge in [0.15, 0.2) is 6.29 Å². The number of pyridine rings is 1. The van der Waals surface area contributed by atoms with Crippen LogP contribution in [0.15, 0.2) is 54.6 Å². The summed E-state index contributed by atoms with van der Waals surface area (Å²) in [6.45, 7) is 4.87. The van der Waals surface area contributed by atoms with E-state index in [-0.39, 0.29) is 0 Å². The Labute approximate surface area is 140 Å². The van der Waals surface area contributed by atoms with Gasteiger partial charge in [-0.3, -0.25) is 4.79 Å². The molecule has 0 saturated carbocycles. The molecule has 2 aromatic carbocycles. The average Bonchev–Trinajstić information content (AvgIpc) is 2.90. The lowest BCUT2D eigenvalue weighted by Crippen LogP contribution is -2.02. The van der Waals surface area contributed by atoms with E-state index >= 15 is 0 Å². The number of carbonyl (C=O) groups is 1. The van der Waals surface area contributed by atoms with Gasteiger partial charge in [0.2, 0.25) is 0 Å². The van der Waals surface area contributed by atoms with Crippen molar-refractivity contribution in [2.75, 3.05) is 0 Å². The van der Waals surface area contributed by atoms with Crippen molar-refractivity contribution in [3.8, 4) is 0 Å². The summed E-state index contributed by atoms with van der Waals surface area (Å²) in [6, 6.07) is 18.8. The Bertz CT molecular complexity index is 1080. The molecule has 0 fully saturated rings. The molecule has 0 spiro atoms. The molecule has 2 heterocycles. The van der Waals surface area contributed by atoms with Crippen molar-refractivity contribution in [3.05, 3.63) is 77.1 Å². The standard InChI is InChI=1S/C21H18N2O/c1-14-6-5-7-16(10-14)12-23-20-9-4-3-8-18(20)19-11-17(13-24)22-15(2)21(19)23/h3-11,13H,12H2,1-2H3.